The fourth-order valence-corrected chi connectivity index (χ4v) is 5.40. The summed E-state index contributed by atoms with van der Waals surface area (Å²) < 4.78 is 13.0. The summed E-state index contributed by atoms with van der Waals surface area (Å²) >= 11 is 0. The highest BCUT2D eigenvalue weighted by molar-refractivity contribution is 6.08. The number of para-hydroxylation sites is 1. The van der Waals surface area contributed by atoms with E-state index in [0.717, 1.165) is 69.3 Å². The van der Waals surface area contributed by atoms with E-state index in [2.05, 4.69) is 58.7 Å². The van der Waals surface area contributed by atoms with Gasteiger partial charge in [-0.1, -0.05) is 63.2 Å². The molecule has 0 bridgehead atoms. The maximum atomic E-state index is 11.0. The van der Waals surface area contributed by atoms with Crippen LogP contribution in [0.1, 0.15) is 52.2 Å². The molecule has 0 saturated carbocycles. The molecule has 0 amide bonds. The molecule has 0 aliphatic rings. The zero-order chi connectivity index (χ0) is 31.9. The Balaban J connectivity index is 0.00000216. The first kappa shape index (κ1) is 32.6. The fraction of sp³-hybridized carbons (Fsp3) is 0.389. The molecule has 0 unspecified atom stereocenters. The van der Waals surface area contributed by atoms with E-state index < -0.39 is 5.60 Å². The number of imidazole rings is 1. The summed E-state index contributed by atoms with van der Waals surface area (Å²) in [4.78, 5) is 14.9. The number of anilines is 2. The number of hydrogen-bond acceptors (Lipinski definition) is 7. The maximum Gasteiger partial charge on any atom is 0.206 e. The van der Waals surface area contributed by atoms with Crippen molar-refractivity contribution in [1.29, 1.82) is 0 Å². The van der Waals surface area contributed by atoms with Crippen LogP contribution >= 0.6 is 0 Å². The topological polar surface area (TPSA) is 75.9 Å². The molecule has 234 valence electrons. The van der Waals surface area contributed by atoms with Crippen LogP contribution in [0.5, 0.6) is 11.5 Å². The van der Waals surface area contributed by atoms with Crippen LogP contribution in [0.25, 0.3) is 21.9 Å². The minimum atomic E-state index is -0.939. The van der Waals surface area contributed by atoms with Gasteiger partial charge in [-0.15, -0.1) is 0 Å². The number of rotatable bonds is 12. The summed E-state index contributed by atoms with van der Waals surface area (Å²) in [5.74, 6) is 3.26. The molecule has 2 heterocycles. The predicted octanol–water partition coefficient (Wildman–Crippen LogP) is 7.45. The fourth-order valence-electron chi connectivity index (χ4n) is 5.40. The van der Waals surface area contributed by atoms with E-state index >= 15 is 0 Å². The summed E-state index contributed by atoms with van der Waals surface area (Å²) in [5, 5.41) is 12.0. The summed E-state index contributed by atoms with van der Waals surface area (Å²) in [6.07, 6.45) is 0.981. The van der Waals surface area contributed by atoms with E-state index in [1.807, 2.05) is 70.2 Å². The number of aromatic nitrogens is 3. The van der Waals surface area contributed by atoms with Crippen LogP contribution in [-0.2, 0) is 19.6 Å². The van der Waals surface area contributed by atoms with Crippen molar-refractivity contribution in [1.82, 2.24) is 14.5 Å². The largest absolute Gasteiger partial charge is 0.497 e. The van der Waals surface area contributed by atoms with Crippen molar-refractivity contribution in [2.45, 2.75) is 66.3 Å². The molecular weight excluding hydrogens is 550 g/mol. The third kappa shape index (κ3) is 7.42. The molecule has 0 aliphatic heterocycles. The highest BCUT2D eigenvalue weighted by Gasteiger charge is 2.26. The molecule has 5 rings (SSSR count). The number of ether oxygens (including phenoxy) is 2. The summed E-state index contributed by atoms with van der Waals surface area (Å²) in [6, 6.07) is 24.5. The van der Waals surface area contributed by atoms with Gasteiger partial charge in [-0.2, -0.15) is 0 Å². The van der Waals surface area contributed by atoms with Gasteiger partial charge in [0.2, 0.25) is 5.95 Å². The first-order valence-corrected chi connectivity index (χ1v) is 15.4. The van der Waals surface area contributed by atoms with Crippen LogP contribution in [0.4, 0.5) is 11.8 Å². The van der Waals surface area contributed by atoms with Gasteiger partial charge in [-0.25, -0.2) is 9.97 Å². The van der Waals surface area contributed by atoms with Crippen LogP contribution in [-0.4, -0.2) is 53.1 Å². The lowest BCUT2D eigenvalue weighted by molar-refractivity contribution is 0.0631. The first-order valence-electron chi connectivity index (χ1n) is 15.4. The molecule has 0 saturated heterocycles. The Hall–Kier alpha value is -4.30. The average Bonchev–Trinajstić information content (AvgIpc) is 3.40. The molecule has 0 radical (unpaired) electrons. The van der Waals surface area contributed by atoms with Crippen molar-refractivity contribution in [2.24, 2.45) is 0 Å². The lowest BCUT2D eigenvalue weighted by atomic mass is 10.1. The molecule has 0 atom stereocenters. The standard InChI is InChI=1S/C34H41N5O3.C2H6/c1-7-20-37(4)33-36-30-31(39(33)23-34(2,3)40)28-10-8-9-11-29(28)35-32(30)38(21-24-12-16-26(41-5)17-13-24)22-25-14-18-27(42-6)19-15-25;1-2/h8-19,40H,7,20-23H2,1-6H3;1-2H3. The highest BCUT2D eigenvalue weighted by Crippen LogP contribution is 2.36. The molecule has 3 aromatic carbocycles. The van der Waals surface area contributed by atoms with E-state index in [1.165, 1.54) is 0 Å². The summed E-state index contributed by atoms with van der Waals surface area (Å²) in [7, 11) is 5.42. The van der Waals surface area contributed by atoms with E-state index in [1.54, 1.807) is 14.2 Å². The first-order chi connectivity index (χ1) is 21.2. The van der Waals surface area contributed by atoms with Crippen molar-refractivity contribution in [3.05, 3.63) is 83.9 Å². The highest BCUT2D eigenvalue weighted by atomic mass is 16.5. The van der Waals surface area contributed by atoms with E-state index in [4.69, 9.17) is 19.4 Å². The minimum absolute atomic E-state index is 0.400. The Morgan fingerprint density at radius 2 is 1.36 bits per heavy atom. The Kier molecular flexibility index (Phi) is 10.7. The normalized spacial score (nSPS) is 11.3. The van der Waals surface area contributed by atoms with Gasteiger partial charge in [0.25, 0.3) is 0 Å². The van der Waals surface area contributed by atoms with Crippen molar-refractivity contribution < 1.29 is 14.6 Å². The van der Waals surface area contributed by atoms with E-state index in [-0.39, 0.29) is 0 Å². The van der Waals surface area contributed by atoms with Crippen molar-refractivity contribution in [3.63, 3.8) is 0 Å². The second-order valence-electron chi connectivity index (χ2n) is 11.4. The predicted molar refractivity (Wildman–Crippen MR) is 182 cm³/mol. The molecule has 44 heavy (non-hydrogen) atoms. The van der Waals surface area contributed by atoms with Gasteiger partial charge < -0.3 is 28.9 Å². The Labute approximate surface area is 261 Å². The monoisotopic (exact) mass is 597 g/mol. The molecule has 0 aliphatic carbocycles. The number of methoxy groups -OCH3 is 2. The van der Waals surface area contributed by atoms with Gasteiger partial charge >= 0.3 is 0 Å². The second-order valence-corrected chi connectivity index (χ2v) is 11.4. The zero-order valence-electron chi connectivity index (χ0n) is 27.5. The molecular formula is C36H47N5O3. The second kappa shape index (κ2) is 14.4. The lowest BCUT2D eigenvalue weighted by Gasteiger charge is -2.26. The van der Waals surface area contributed by atoms with Gasteiger partial charge in [0.1, 0.15) is 17.0 Å². The summed E-state index contributed by atoms with van der Waals surface area (Å²) in [5.41, 5.74) is 4.00. The van der Waals surface area contributed by atoms with E-state index in [9.17, 15) is 5.11 Å². The SMILES string of the molecule is CC.CCCN(C)c1nc2c(N(Cc3ccc(OC)cc3)Cc3ccc(OC)cc3)nc3ccccc3c2n1CC(C)(C)O. The van der Waals surface area contributed by atoms with Crippen molar-refractivity contribution in [3.8, 4) is 11.5 Å². The van der Waals surface area contributed by atoms with Crippen LogP contribution in [0.2, 0.25) is 0 Å². The quantitative estimate of drug-likeness (QED) is 0.160. The van der Waals surface area contributed by atoms with Crippen LogP contribution < -0.4 is 19.3 Å². The molecule has 5 aromatic rings. The van der Waals surface area contributed by atoms with E-state index in [0.29, 0.717) is 19.6 Å². The molecule has 8 heteroatoms. The Morgan fingerprint density at radius 3 is 1.86 bits per heavy atom. The Morgan fingerprint density at radius 1 is 0.818 bits per heavy atom. The number of hydrogen-bond donors (Lipinski definition) is 1. The molecule has 1 N–H and O–H groups in total. The third-order valence-electron chi connectivity index (χ3n) is 7.35. The maximum absolute atomic E-state index is 11.0. The van der Waals surface area contributed by atoms with Crippen LogP contribution in [0.3, 0.4) is 0 Å². The molecule has 8 nitrogen and oxygen atoms in total. The van der Waals surface area contributed by atoms with Gasteiger partial charge in [-0.3, -0.25) is 0 Å². The van der Waals surface area contributed by atoms with Gasteiger partial charge in [-0.05, 0) is 61.7 Å². The number of nitrogens with zero attached hydrogens (tertiary/aromatic N) is 5. The van der Waals surface area contributed by atoms with Crippen LogP contribution in [0, 0.1) is 0 Å². The van der Waals surface area contributed by atoms with Gasteiger partial charge in [0, 0.05) is 32.1 Å². The van der Waals surface area contributed by atoms with Crippen molar-refractivity contribution in [2.75, 3.05) is 37.6 Å². The molecule has 0 spiro atoms. The Bertz CT molecular complexity index is 1590. The smallest absolute Gasteiger partial charge is 0.206 e. The minimum Gasteiger partial charge on any atom is -0.497 e. The van der Waals surface area contributed by atoms with Crippen LogP contribution in [0.15, 0.2) is 72.8 Å². The van der Waals surface area contributed by atoms with Gasteiger partial charge in [0.05, 0.1) is 37.4 Å². The number of aliphatic hydroxyl groups is 1. The number of benzene rings is 3. The molecule has 2 aromatic heterocycles. The number of fused-ring (bicyclic) bond motifs is 3. The summed E-state index contributed by atoms with van der Waals surface area (Å²) in [6.45, 7) is 12.3. The van der Waals surface area contributed by atoms with Gasteiger partial charge in [0.15, 0.2) is 5.82 Å². The number of pyridine rings is 1. The molecule has 0 fully saturated rings. The lowest BCUT2D eigenvalue weighted by Crippen LogP contribution is -2.29. The third-order valence-corrected chi connectivity index (χ3v) is 7.35. The zero-order valence-corrected chi connectivity index (χ0v) is 27.5. The average molecular weight is 598 g/mol. The van der Waals surface area contributed by atoms with Crippen molar-refractivity contribution >= 4 is 33.7 Å².